The molecule has 0 spiro atoms. The third-order valence-corrected chi connectivity index (χ3v) is 5.82. The maximum Gasteiger partial charge on any atom is 0.411 e. The fourth-order valence-electron chi connectivity index (χ4n) is 4.06. The first-order valence-corrected chi connectivity index (χ1v) is 11.4. The number of nitrogens with one attached hydrogen (secondary N) is 2. The summed E-state index contributed by atoms with van der Waals surface area (Å²) in [6.07, 6.45) is -1.50. The van der Waals surface area contributed by atoms with Gasteiger partial charge in [-0.1, -0.05) is 36.4 Å². The Morgan fingerprint density at radius 1 is 1.03 bits per heavy atom. The Hall–Kier alpha value is -4.40. The number of para-hydroxylation sites is 1. The highest BCUT2D eigenvalue weighted by atomic mass is 19.1. The summed E-state index contributed by atoms with van der Waals surface area (Å²) in [6, 6.07) is 18.4. The first-order chi connectivity index (χ1) is 17.4. The van der Waals surface area contributed by atoms with E-state index in [4.69, 9.17) is 9.47 Å². The van der Waals surface area contributed by atoms with E-state index < -0.39 is 24.1 Å². The molecule has 1 heterocycles. The Morgan fingerprint density at radius 3 is 2.39 bits per heavy atom. The van der Waals surface area contributed by atoms with Gasteiger partial charge in [0, 0.05) is 12.2 Å². The number of hydrogen-bond acceptors (Lipinski definition) is 5. The van der Waals surface area contributed by atoms with Gasteiger partial charge in [0.2, 0.25) is 5.91 Å². The fraction of sp³-hybridized carbons (Fsp3) is 0.222. The number of anilines is 1. The summed E-state index contributed by atoms with van der Waals surface area (Å²) < 4.78 is 24.2. The van der Waals surface area contributed by atoms with Crippen molar-refractivity contribution in [3.8, 4) is 5.75 Å². The lowest BCUT2D eigenvalue weighted by Crippen LogP contribution is -2.46. The summed E-state index contributed by atoms with van der Waals surface area (Å²) in [6.45, 7) is 2.26. The predicted molar refractivity (Wildman–Crippen MR) is 131 cm³/mol. The molecule has 36 heavy (non-hydrogen) atoms. The summed E-state index contributed by atoms with van der Waals surface area (Å²) in [5.74, 6) is -0.628. The monoisotopic (exact) mass is 491 g/mol. The Balaban J connectivity index is 1.54. The van der Waals surface area contributed by atoms with Crippen molar-refractivity contribution in [1.82, 2.24) is 10.2 Å². The largest absolute Gasteiger partial charge is 0.496 e. The molecule has 1 aliphatic rings. The number of nitrogens with zero attached hydrogens (tertiary/aromatic N) is 1. The highest BCUT2D eigenvalue weighted by Crippen LogP contribution is 2.34. The second-order valence-corrected chi connectivity index (χ2v) is 8.17. The van der Waals surface area contributed by atoms with Gasteiger partial charge in [-0.15, -0.1) is 0 Å². The molecular weight excluding hydrogens is 465 g/mol. The van der Waals surface area contributed by atoms with E-state index in [2.05, 4.69) is 10.6 Å². The average molecular weight is 492 g/mol. The van der Waals surface area contributed by atoms with Crippen molar-refractivity contribution in [3.05, 3.63) is 95.3 Å². The van der Waals surface area contributed by atoms with Gasteiger partial charge >= 0.3 is 6.09 Å². The molecule has 3 aromatic rings. The molecule has 0 saturated carbocycles. The minimum atomic E-state index is -0.920. The molecular formula is C27H26FN3O5. The zero-order chi connectivity index (χ0) is 25.7. The highest BCUT2D eigenvalue weighted by Gasteiger charge is 2.46. The summed E-state index contributed by atoms with van der Waals surface area (Å²) >= 11 is 0. The van der Waals surface area contributed by atoms with Crippen molar-refractivity contribution >= 4 is 23.6 Å². The Bertz CT molecular complexity index is 1250. The molecule has 0 aliphatic carbocycles. The zero-order valence-corrected chi connectivity index (χ0v) is 19.9. The topological polar surface area (TPSA) is 97.0 Å². The van der Waals surface area contributed by atoms with Gasteiger partial charge in [-0.2, -0.15) is 0 Å². The number of hydrogen-bond donors (Lipinski definition) is 2. The Labute approximate surface area is 208 Å². The van der Waals surface area contributed by atoms with Crippen molar-refractivity contribution in [2.24, 2.45) is 0 Å². The van der Waals surface area contributed by atoms with Gasteiger partial charge in [0.1, 0.15) is 11.6 Å². The number of benzene rings is 3. The number of halogens is 1. The lowest BCUT2D eigenvalue weighted by molar-refractivity contribution is -0.126. The first kappa shape index (κ1) is 24.7. The van der Waals surface area contributed by atoms with Crippen LogP contribution in [-0.4, -0.2) is 42.5 Å². The molecule has 0 bridgehead atoms. The molecule has 4 rings (SSSR count). The van der Waals surface area contributed by atoms with Gasteiger partial charge in [-0.3, -0.25) is 14.5 Å². The van der Waals surface area contributed by atoms with Crippen LogP contribution in [0, 0.1) is 5.82 Å². The molecule has 8 nitrogen and oxygen atoms in total. The second-order valence-electron chi connectivity index (χ2n) is 8.17. The van der Waals surface area contributed by atoms with E-state index >= 15 is 0 Å². The third kappa shape index (κ3) is 5.30. The molecule has 186 valence electrons. The number of cyclic esters (lactones) is 1. The number of amides is 3. The predicted octanol–water partition coefficient (Wildman–Crippen LogP) is 4.28. The van der Waals surface area contributed by atoms with Crippen LogP contribution in [0.2, 0.25) is 0 Å². The van der Waals surface area contributed by atoms with Crippen LogP contribution < -0.4 is 15.4 Å². The molecule has 3 amide bonds. The average Bonchev–Trinajstić information content (AvgIpc) is 3.21. The number of methoxy groups -OCH3 is 1. The molecule has 1 saturated heterocycles. The van der Waals surface area contributed by atoms with Crippen LogP contribution in [0.4, 0.5) is 14.9 Å². The lowest BCUT2D eigenvalue weighted by Gasteiger charge is -2.24. The lowest BCUT2D eigenvalue weighted by atomic mass is 10.00. The van der Waals surface area contributed by atoms with E-state index in [1.165, 1.54) is 24.1 Å². The fourth-order valence-corrected chi connectivity index (χ4v) is 4.06. The Kier molecular flexibility index (Phi) is 7.48. The smallest absolute Gasteiger partial charge is 0.411 e. The summed E-state index contributed by atoms with van der Waals surface area (Å²) in [5.41, 5.74) is 2.17. The Morgan fingerprint density at radius 2 is 1.72 bits per heavy atom. The molecule has 2 atom stereocenters. The molecule has 0 radical (unpaired) electrons. The van der Waals surface area contributed by atoms with Crippen molar-refractivity contribution in [2.45, 2.75) is 25.6 Å². The van der Waals surface area contributed by atoms with Gasteiger partial charge in [-0.25, -0.2) is 9.18 Å². The van der Waals surface area contributed by atoms with Crippen molar-refractivity contribution in [1.29, 1.82) is 0 Å². The van der Waals surface area contributed by atoms with E-state index in [-0.39, 0.29) is 18.4 Å². The van der Waals surface area contributed by atoms with Crippen LogP contribution >= 0.6 is 0 Å². The zero-order valence-electron chi connectivity index (χ0n) is 19.9. The summed E-state index contributed by atoms with van der Waals surface area (Å²) in [5, 5.41) is 5.57. The number of rotatable bonds is 8. The number of carbonyl (C=O) groups excluding carboxylic acids is 3. The van der Waals surface area contributed by atoms with E-state index in [1.54, 1.807) is 67.6 Å². The molecule has 2 N–H and O–H groups in total. The van der Waals surface area contributed by atoms with Crippen LogP contribution in [0.15, 0.2) is 72.8 Å². The summed E-state index contributed by atoms with van der Waals surface area (Å²) in [4.78, 5) is 39.7. The minimum Gasteiger partial charge on any atom is -0.496 e. The van der Waals surface area contributed by atoms with Gasteiger partial charge < -0.3 is 20.1 Å². The molecule has 3 aromatic carbocycles. The molecule has 2 unspecified atom stereocenters. The van der Waals surface area contributed by atoms with Crippen LogP contribution in [0.1, 0.15) is 34.5 Å². The molecule has 9 heteroatoms. The van der Waals surface area contributed by atoms with Gasteiger partial charge in [0.05, 0.1) is 19.2 Å². The first-order valence-electron chi connectivity index (χ1n) is 11.4. The number of likely N-dealkylation sites (N-methyl/N-ethyl adjacent to an activating group) is 1. The normalized spacial score (nSPS) is 16.9. The molecule has 1 fully saturated rings. The maximum atomic E-state index is 13.3. The molecule has 0 aromatic heterocycles. The van der Waals surface area contributed by atoms with E-state index in [0.29, 0.717) is 34.7 Å². The van der Waals surface area contributed by atoms with Gasteiger partial charge in [0.25, 0.3) is 5.91 Å². The summed E-state index contributed by atoms with van der Waals surface area (Å²) in [7, 11) is 1.49. The number of ether oxygens (including phenoxy) is 2. The van der Waals surface area contributed by atoms with Crippen molar-refractivity contribution in [2.75, 3.05) is 19.0 Å². The van der Waals surface area contributed by atoms with Crippen molar-refractivity contribution < 1.29 is 28.2 Å². The minimum absolute atomic E-state index is 0.0878. The standard InChI is InChI=1S/C27H26FN3O5/c1-3-29-26(33)23-24(36-27(34)31(23)16-17-8-12-19(28)13-9-17)18-10-14-20(15-11-18)30-25(32)21-6-4-5-7-22(21)35-2/h4-15,23-24H,3,16H2,1-2H3,(H,29,33)(H,30,32). The van der Waals surface area contributed by atoms with Gasteiger partial charge in [0.15, 0.2) is 12.1 Å². The third-order valence-electron chi connectivity index (χ3n) is 5.82. The highest BCUT2D eigenvalue weighted by molar-refractivity contribution is 6.06. The maximum absolute atomic E-state index is 13.3. The second kappa shape index (κ2) is 10.9. The van der Waals surface area contributed by atoms with E-state index in [0.717, 1.165) is 0 Å². The number of carbonyl (C=O) groups is 3. The van der Waals surface area contributed by atoms with E-state index in [1.807, 2.05) is 0 Å². The quantitative estimate of drug-likeness (QED) is 0.490. The van der Waals surface area contributed by atoms with E-state index in [9.17, 15) is 18.8 Å². The SMILES string of the molecule is CCNC(=O)C1C(c2ccc(NC(=O)c3ccccc3OC)cc2)OC(=O)N1Cc1ccc(F)cc1. The van der Waals surface area contributed by atoms with Crippen LogP contribution in [0.3, 0.4) is 0 Å². The van der Waals surface area contributed by atoms with Crippen LogP contribution in [0.5, 0.6) is 5.75 Å². The van der Waals surface area contributed by atoms with Crippen LogP contribution in [-0.2, 0) is 16.1 Å². The van der Waals surface area contributed by atoms with Gasteiger partial charge in [-0.05, 0) is 54.4 Å². The van der Waals surface area contributed by atoms with Crippen molar-refractivity contribution in [3.63, 3.8) is 0 Å². The van der Waals surface area contributed by atoms with Crippen LogP contribution in [0.25, 0.3) is 0 Å². The molecule has 1 aliphatic heterocycles.